The summed E-state index contributed by atoms with van der Waals surface area (Å²) in [5.74, 6) is 0. The summed E-state index contributed by atoms with van der Waals surface area (Å²) < 4.78 is 8.25. The number of hydrogen-bond donors (Lipinski definition) is 0. The van der Waals surface area contributed by atoms with Crippen molar-refractivity contribution < 1.29 is 23.7 Å². The van der Waals surface area contributed by atoms with Crippen LogP contribution in [0.5, 0.6) is 0 Å². The third-order valence-electron chi connectivity index (χ3n) is 0. The summed E-state index contributed by atoms with van der Waals surface area (Å²) in [7, 11) is 0. The molecule has 0 spiro atoms. The number of hydrogen-bond acceptors (Lipinski definition) is 1. The third kappa shape index (κ3) is 8.88. The Hall–Kier alpha value is 2.97. The average molecular weight is 415 g/mol. The van der Waals surface area contributed by atoms with Gasteiger partial charge in [0, 0.05) is 0 Å². The van der Waals surface area contributed by atoms with E-state index in [2.05, 4.69) is 0 Å². The van der Waals surface area contributed by atoms with Crippen molar-refractivity contribution in [2.75, 3.05) is 0 Å². The molecule has 0 aromatic heterocycles. The van der Waals surface area contributed by atoms with E-state index in [1.165, 1.54) is 0 Å². The minimum atomic E-state index is 0. The Kier molecular flexibility index (Phi) is 65.9. The van der Waals surface area contributed by atoms with Gasteiger partial charge in [-0.2, -0.15) is 0 Å². The molecule has 0 aliphatic heterocycles. The summed E-state index contributed by atoms with van der Waals surface area (Å²) in [5.41, 5.74) is 0. The van der Waals surface area contributed by atoms with Crippen LogP contribution in [0.3, 0.4) is 0 Å². The van der Waals surface area contributed by atoms with Crippen LogP contribution in [0.25, 0.3) is 0 Å². The van der Waals surface area contributed by atoms with Crippen molar-refractivity contribution in [3.05, 3.63) is 0 Å². The standard InChI is InChI=1S/Ba.Bi.O.Ti.5H. The molecule has 0 amide bonds. The molecule has 0 aliphatic rings. The Morgan fingerprint density at radius 1 is 1.25 bits per heavy atom. The first-order valence-corrected chi connectivity index (χ1v) is 0.842. The minimum absolute atomic E-state index is 0. The molecule has 0 bridgehead atoms. The normalized spacial score (nSPS) is 0.750. The van der Waals surface area contributed by atoms with Gasteiger partial charge in [-0.1, -0.05) is 0 Å². The molecule has 4 heteroatoms. The number of rotatable bonds is 0. The van der Waals surface area contributed by atoms with Gasteiger partial charge in [0.05, 0.1) is 0 Å². The first kappa shape index (κ1) is 15.8. The average Bonchev–Trinajstić information content (AvgIpc) is 1.00. The predicted octanol–water partition coefficient (Wildman–Crippen LogP) is -2.22. The molecule has 0 N–H and O–H groups in total. The van der Waals surface area contributed by atoms with Crippen LogP contribution in [0, 0.1) is 0 Å². The van der Waals surface area contributed by atoms with Gasteiger partial charge in [0.2, 0.25) is 0 Å². The van der Waals surface area contributed by atoms with E-state index in [-0.39, 0.29) is 75.1 Å². The van der Waals surface area contributed by atoms with Crippen molar-refractivity contribution >= 4 is 75.1 Å². The predicted molar refractivity (Wildman–Crippen MR) is 19.2 cm³/mol. The van der Waals surface area contributed by atoms with Crippen molar-refractivity contribution in [3.63, 3.8) is 0 Å². The van der Waals surface area contributed by atoms with Gasteiger partial charge in [-0.05, 0) is 0 Å². The molecule has 0 saturated heterocycles. The second-order valence-electron chi connectivity index (χ2n) is 0. The summed E-state index contributed by atoms with van der Waals surface area (Å²) in [4.78, 5) is 0. The summed E-state index contributed by atoms with van der Waals surface area (Å²) in [6, 6.07) is 0. The Balaban J connectivity index is -0.00000000500. The van der Waals surface area contributed by atoms with Crippen LogP contribution < -0.4 is 0 Å². The maximum absolute atomic E-state index is 8.25. The van der Waals surface area contributed by atoms with Gasteiger partial charge in [-0.3, -0.25) is 0 Å². The van der Waals surface area contributed by atoms with E-state index in [1.54, 1.807) is 0 Å². The van der Waals surface area contributed by atoms with E-state index in [0.29, 0.717) is 0 Å². The van der Waals surface area contributed by atoms with Crippen LogP contribution in [0.15, 0.2) is 0 Å². The second kappa shape index (κ2) is 16.7. The van der Waals surface area contributed by atoms with Crippen LogP contribution in [0.2, 0.25) is 0 Å². The molecule has 0 heterocycles. The van der Waals surface area contributed by atoms with Crippen LogP contribution in [-0.2, 0) is 23.7 Å². The van der Waals surface area contributed by atoms with Crippen molar-refractivity contribution in [1.29, 1.82) is 0 Å². The zero-order valence-corrected chi connectivity index (χ0v) is 8.67. The molecule has 0 aromatic carbocycles. The summed E-state index contributed by atoms with van der Waals surface area (Å²) in [6.45, 7) is 0. The van der Waals surface area contributed by atoms with Gasteiger partial charge in [0.25, 0.3) is 0 Å². The maximum atomic E-state index is 8.25. The van der Waals surface area contributed by atoms with Crippen molar-refractivity contribution in [1.82, 2.24) is 0 Å². The van der Waals surface area contributed by atoms with Gasteiger partial charge in [-0.25, -0.2) is 0 Å². The van der Waals surface area contributed by atoms with Gasteiger partial charge in [-0.15, -0.1) is 0 Å². The monoisotopic (exact) mass is 416 g/mol. The Morgan fingerprint density at radius 3 is 1.25 bits per heavy atom. The molecular formula is H5BaBiOTi. The molecule has 0 unspecified atom stereocenters. The molecule has 0 rings (SSSR count). The molecule has 0 radical (unpaired) electrons. The van der Waals surface area contributed by atoms with Crippen molar-refractivity contribution in [3.8, 4) is 0 Å². The summed E-state index contributed by atoms with van der Waals surface area (Å²) in [6.07, 6.45) is 0. The van der Waals surface area contributed by atoms with E-state index in [1.807, 2.05) is 0 Å². The summed E-state index contributed by atoms with van der Waals surface area (Å²) >= 11 is 0.750. The fourth-order valence-corrected chi connectivity index (χ4v) is 0. The first-order chi connectivity index (χ1) is 1.00. The molecule has 4 heavy (non-hydrogen) atoms. The molecule has 0 atom stereocenters. The molecule has 0 fully saturated rings. The fraction of sp³-hybridized carbons (Fsp3) is 0. The molecule has 0 aliphatic carbocycles. The van der Waals surface area contributed by atoms with Crippen LogP contribution in [0.1, 0.15) is 0 Å². The molecule has 22 valence electrons. The Bertz CT molecular complexity index is 8.00. The van der Waals surface area contributed by atoms with E-state index < -0.39 is 0 Å². The molecule has 0 saturated carbocycles. The van der Waals surface area contributed by atoms with Crippen molar-refractivity contribution in [2.45, 2.75) is 0 Å². The summed E-state index contributed by atoms with van der Waals surface area (Å²) in [5, 5.41) is 0. The van der Waals surface area contributed by atoms with Gasteiger partial charge >= 0.3 is 98.8 Å². The van der Waals surface area contributed by atoms with Crippen LogP contribution >= 0.6 is 0 Å². The zero-order chi connectivity index (χ0) is 2.00. The fourth-order valence-electron chi connectivity index (χ4n) is 0. The topological polar surface area (TPSA) is 17.1 Å². The van der Waals surface area contributed by atoms with E-state index in [4.69, 9.17) is 3.32 Å². The first-order valence-electron chi connectivity index (χ1n) is 0.204. The van der Waals surface area contributed by atoms with Gasteiger partial charge < -0.3 is 0 Å². The van der Waals surface area contributed by atoms with Gasteiger partial charge in [0.15, 0.2) is 0 Å². The Morgan fingerprint density at radius 2 is 1.25 bits per heavy atom. The van der Waals surface area contributed by atoms with Crippen LogP contribution in [-0.4, -0.2) is 75.1 Å². The second-order valence-corrected chi connectivity index (χ2v) is 0. The molecule has 0 aromatic rings. The Labute approximate surface area is 96.2 Å². The van der Waals surface area contributed by atoms with Crippen molar-refractivity contribution in [2.24, 2.45) is 0 Å². The quantitative estimate of drug-likeness (QED) is 0.410. The van der Waals surface area contributed by atoms with Gasteiger partial charge in [0.1, 0.15) is 0 Å². The molecular weight excluding hydrogens is 410 g/mol. The van der Waals surface area contributed by atoms with E-state index in [9.17, 15) is 0 Å². The third-order valence-corrected chi connectivity index (χ3v) is 0. The zero-order valence-electron chi connectivity index (χ0n) is 1.62. The SMILES string of the molecule is [BaH2].[BiH3].[O]=[Ti]. The molecule has 1 nitrogen and oxygen atoms in total. The van der Waals surface area contributed by atoms with E-state index >= 15 is 0 Å². The van der Waals surface area contributed by atoms with E-state index in [0.717, 1.165) is 20.4 Å². The van der Waals surface area contributed by atoms with Crippen LogP contribution in [0.4, 0.5) is 0 Å².